The molecule has 1 aliphatic carbocycles. The molecular formula is C26H31N3O4S. The Labute approximate surface area is 200 Å². The average molecular weight is 482 g/mol. The van der Waals surface area contributed by atoms with Crippen LogP contribution in [0.15, 0.2) is 51.2 Å². The number of sulfone groups is 1. The number of benzene rings is 1. The van der Waals surface area contributed by atoms with Gasteiger partial charge in [-0.25, -0.2) is 13.4 Å². The van der Waals surface area contributed by atoms with Gasteiger partial charge in [0.15, 0.2) is 5.03 Å². The predicted molar refractivity (Wildman–Crippen MR) is 131 cm³/mol. The molecule has 0 spiro atoms. The van der Waals surface area contributed by atoms with Gasteiger partial charge in [-0.3, -0.25) is 9.36 Å². The first-order valence-electron chi connectivity index (χ1n) is 12.0. The topological polar surface area (TPSA) is 102 Å². The van der Waals surface area contributed by atoms with Crippen molar-refractivity contribution in [2.24, 2.45) is 0 Å². The molecule has 0 unspecified atom stereocenters. The second-order valence-electron chi connectivity index (χ2n) is 8.76. The van der Waals surface area contributed by atoms with Gasteiger partial charge < -0.3 is 5.11 Å². The first-order valence-corrected chi connectivity index (χ1v) is 13.5. The number of para-hydroxylation sites is 1. The van der Waals surface area contributed by atoms with Crippen LogP contribution in [0, 0.1) is 0 Å². The number of rotatable bonds is 9. The Bertz CT molecular complexity index is 1340. The molecule has 0 atom stereocenters. The van der Waals surface area contributed by atoms with Crippen molar-refractivity contribution in [1.82, 2.24) is 14.5 Å². The largest absolute Gasteiger partial charge is 0.493 e. The summed E-state index contributed by atoms with van der Waals surface area (Å²) in [5.41, 5.74) is 2.59. The summed E-state index contributed by atoms with van der Waals surface area (Å²) >= 11 is 0. The summed E-state index contributed by atoms with van der Waals surface area (Å²) in [4.78, 5) is 20.6. The zero-order chi connectivity index (χ0) is 24.5. The molecule has 2 aromatic heterocycles. The zero-order valence-electron chi connectivity index (χ0n) is 19.9. The van der Waals surface area contributed by atoms with E-state index in [2.05, 4.69) is 9.97 Å². The zero-order valence-corrected chi connectivity index (χ0v) is 20.7. The highest BCUT2D eigenvalue weighted by Crippen LogP contribution is 2.40. The van der Waals surface area contributed by atoms with Gasteiger partial charge in [-0.1, -0.05) is 51.5 Å². The number of aromatic nitrogens is 3. The van der Waals surface area contributed by atoms with Crippen molar-refractivity contribution < 1.29 is 13.5 Å². The molecule has 1 saturated carbocycles. The number of hydrogen-bond donors (Lipinski definition) is 1. The third-order valence-electron chi connectivity index (χ3n) is 6.39. The van der Waals surface area contributed by atoms with Gasteiger partial charge in [0.05, 0.1) is 5.69 Å². The van der Waals surface area contributed by atoms with Gasteiger partial charge in [-0.2, -0.15) is 4.98 Å². The Morgan fingerprint density at radius 3 is 2.26 bits per heavy atom. The Morgan fingerprint density at radius 1 is 1.06 bits per heavy atom. The maximum atomic E-state index is 13.5. The van der Waals surface area contributed by atoms with Crippen molar-refractivity contribution in [2.75, 3.05) is 0 Å². The van der Waals surface area contributed by atoms with Crippen LogP contribution in [0.5, 0.6) is 5.88 Å². The van der Waals surface area contributed by atoms with Crippen LogP contribution in [0.2, 0.25) is 0 Å². The molecule has 0 bridgehead atoms. The minimum absolute atomic E-state index is 0.265. The first-order chi connectivity index (χ1) is 16.3. The molecular weight excluding hydrogens is 450 g/mol. The van der Waals surface area contributed by atoms with E-state index in [1.165, 1.54) is 10.6 Å². The van der Waals surface area contributed by atoms with Crippen LogP contribution in [0.25, 0.3) is 5.69 Å². The minimum Gasteiger partial charge on any atom is -0.493 e. The monoisotopic (exact) mass is 481 g/mol. The molecule has 8 heteroatoms. The van der Waals surface area contributed by atoms with Crippen LogP contribution in [0.1, 0.15) is 74.9 Å². The van der Waals surface area contributed by atoms with E-state index < -0.39 is 26.2 Å². The van der Waals surface area contributed by atoms with Gasteiger partial charge in [0, 0.05) is 12.6 Å². The highest BCUT2D eigenvalue weighted by molar-refractivity contribution is 7.91. The van der Waals surface area contributed by atoms with Gasteiger partial charge in [0.2, 0.25) is 20.6 Å². The van der Waals surface area contributed by atoms with E-state index in [4.69, 9.17) is 0 Å². The highest BCUT2D eigenvalue weighted by atomic mass is 32.2. The molecule has 1 N–H and O–H groups in total. The molecule has 2 heterocycles. The third-order valence-corrected chi connectivity index (χ3v) is 8.08. The molecule has 0 radical (unpaired) electrons. The summed E-state index contributed by atoms with van der Waals surface area (Å²) in [6, 6.07) is 8.99. The SMILES string of the molecule is CCCCc1nc(=O)c(S(=O)(=O)c2ccc(C3CC3)cn2)c(O)n1-c1c(CC)cccc1CC. The van der Waals surface area contributed by atoms with Crippen LogP contribution >= 0.6 is 0 Å². The summed E-state index contributed by atoms with van der Waals surface area (Å²) in [6.45, 7) is 6.02. The standard InChI is InChI=1S/C26H31N3O4S/c1-4-7-11-21-28-25(30)24(34(32,33)22-15-14-20(16-27-22)19-12-13-19)26(31)29(21)23-17(5-2)9-8-10-18(23)6-3/h8-10,14-16,19,31H,4-7,11-13H2,1-3H3. The molecule has 3 aromatic rings. The molecule has 7 nitrogen and oxygen atoms in total. The summed E-state index contributed by atoms with van der Waals surface area (Å²) in [5.74, 6) is 0.179. The summed E-state index contributed by atoms with van der Waals surface area (Å²) in [6.07, 6.45) is 7.09. The molecule has 1 fully saturated rings. The van der Waals surface area contributed by atoms with Gasteiger partial charge in [0.1, 0.15) is 5.82 Å². The molecule has 0 aliphatic heterocycles. The van der Waals surface area contributed by atoms with Crippen LogP contribution in [0.3, 0.4) is 0 Å². The van der Waals surface area contributed by atoms with Gasteiger partial charge >= 0.3 is 0 Å². The third kappa shape index (κ3) is 4.39. The number of pyridine rings is 1. The molecule has 0 amide bonds. The van der Waals surface area contributed by atoms with Crippen molar-refractivity contribution in [3.05, 3.63) is 69.4 Å². The first kappa shape index (κ1) is 24.1. The quantitative estimate of drug-likeness (QED) is 0.482. The Kier molecular flexibility index (Phi) is 6.89. The smallest absolute Gasteiger partial charge is 0.296 e. The molecule has 1 aromatic carbocycles. The summed E-state index contributed by atoms with van der Waals surface area (Å²) < 4.78 is 28.5. The lowest BCUT2D eigenvalue weighted by Gasteiger charge is -2.22. The van der Waals surface area contributed by atoms with Crippen molar-refractivity contribution in [1.29, 1.82) is 0 Å². The lowest BCUT2D eigenvalue weighted by atomic mass is 10.0. The molecule has 1 aliphatic rings. The van der Waals surface area contributed by atoms with Crippen molar-refractivity contribution >= 4 is 9.84 Å². The second kappa shape index (κ2) is 9.70. The van der Waals surface area contributed by atoms with Crippen LogP contribution < -0.4 is 5.56 Å². The van der Waals surface area contributed by atoms with Crippen molar-refractivity contribution in [3.8, 4) is 11.6 Å². The predicted octanol–water partition coefficient (Wildman–Crippen LogP) is 4.51. The van der Waals surface area contributed by atoms with E-state index in [0.29, 0.717) is 36.7 Å². The van der Waals surface area contributed by atoms with Gasteiger partial charge in [-0.15, -0.1) is 0 Å². The average Bonchev–Trinajstić information content (AvgIpc) is 3.68. The van der Waals surface area contributed by atoms with Crippen molar-refractivity contribution in [3.63, 3.8) is 0 Å². The van der Waals surface area contributed by atoms with E-state index in [1.807, 2.05) is 39.0 Å². The molecule has 4 rings (SSSR count). The summed E-state index contributed by atoms with van der Waals surface area (Å²) in [5, 5.41) is 11.1. The number of aryl methyl sites for hydroxylation is 3. The number of unbranched alkanes of at least 4 members (excludes halogenated alkanes) is 1. The van der Waals surface area contributed by atoms with E-state index >= 15 is 0 Å². The van der Waals surface area contributed by atoms with E-state index in [1.54, 1.807) is 12.3 Å². The summed E-state index contributed by atoms with van der Waals surface area (Å²) in [7, 11) is -4.39. The van der Waals surface area contributed by atoms with Crippen molar-refractivity contribution in [2.45, 2.75) is 81.6 Å². The lowest BCUT2D eigenvalue weighted by Crippen LogP contribution is -2.26. The minimum atomic E-state index is -4.39. The fourth-order valence-corrected chi connectivity index (χ4v) is 5.58. The Hall–Kier alpha value is -3.00. The maximum absolute atomic E-state index is 13.5. The van der Waals surface area contributed by atoms with Gasteiger partial charge in [-0.05, 0) is 60.8 Å². The highest BCUT2D eigenvalue weighted by Gasteiger charge is 2.32. The number of hydrogen-bond acceptors (Lipinski definition) is 6. The lowest BCUT2D eigenvalue weighted by molar-refractivity contribution is 0.408. The number of aromatic hydroxyl groups is 1. The number of nitrogens with zero attached hydrogens (tertiary/aromatic N) is 3. The van der Waals surface area contributed by atoms with E-state index in [0.717, 1.165) is 42.4 Å². The molecule has 34 heavy (non-hydrogen) atoms. The molecule has 0 saturated heterocycles. The fraction of sp³-hybridized carbons (Fsp3) is 0.423. The maximum Gasteiger partial charge on any atom is 0.296 e. The van der Waals surface area contributed by atoms with Crippen LogP contribution in [0.4, 0.5) is 0 Å². The Morgan fingerprint density at radius 2 is 1.74 bits per heavy atom. The van der Waals surface area contributed by atoms with Crippen LogP contribution in [-0.4, -0.2) is 28.1 Å². The van der Waals surface area contributed by atoms with Crippen LogP contribution in [-0.2, 0) is 29.1 Å². The van der Waals surface area contributed by atoms with E-state index in [-0.39, 0.29) is 5.03 Å². The van der Waals surface area contributed by atoms with E-state index in [9.17, 15) is 18.3 Å². The van der Waals surface area contributed by atoms with Gasteiger partial charge in [0.25, 0.3) is 5.56 Å². The Balaban J connectivity index is 1.97. The second-order valence-corrected chi connectivity index (χ2v) is 10.6. The normalized spacial score (nSPS) is 13.9. The molecule has 180 valence electrons. The fourth-order valence-electron chi connectivity index (χ4n) is 4.33.